The Balaban J connectivity index is 1.56. The first-order valence-electron chi connectivity index (χ1n) is 8.84. The van der Waals surface area contributed by atoms with Crippen LogP contribution in [0.1, 0.15) is 29.9 Å². The normalized spacial score (nSPS) is 15.9. The summed E-state index contributed by atoms with van der Waals surface area (Å²) in [5.74, 6) is 0.193. The van der Waals surface area contributed by atoms with E-state index in [4.69, 9.17) is 5.73 Å². The molecule has 1 heterocycles. The minimum Gasteiger partial charge on any atom is -0.406 e. The molecule has 0 aromatic heterocycles. The first-order valence-corrected chi connectivity index (χ1v) is 8.84. The van der Waals surface area contributed by atoms with Crippen molar-refractivity contribution in [3.05, 3.63) is 59.7 Å². The Bertz CT molecular complexity index is 690. The van der Waals surface area contributed by atoms with Gasteiger partial charge in [0.15, 0.2) is 0 Å². The fourth-order valence-electron chi connectivity index (χ4n) is 3.45. The lowest BCUT2D eigenvalue weighted by Crippen LogP contribution is -2.32. The third-order valence-corrected chi connectivity index (χ3v) is 4.81. The van der Waals surface area contributed by atoms with Crippen LogP contribution in [0, 0.1) is 0 Å². The van der Waals surface area contributed by atoms with Crippen LogP contribution in [0.5, 0.6) is 5.75 Å². The van der Waals surface area contributed by atoms with Crippen LogP contribution < -0.4 is 15.4 Å². The van der Waals surface area contributed by atoms with E-state index >= 15 is 0 Å². The molecule has 26 heavy (non-hydrogen) atoms. The van der Waals surface area contributed by atoms with Gasteiger partial charge in [0.25, 0.3) is 0 Å². The number of halogens is 3. The summed E-state index contributed by atoms with van der Waals surface area (Å²) >= 11 is 0. The lowest BCUT2D eigenvalue weighted by Gasteiger charge is -2.34. The third-order valence-electron chi connectivity index (χ3n) is 4.81. The Morgan fingerprint density at radius 3 is 2.12 bits per heavy atom. The summed E-state index contributed by atoms with van der Waals surface area (Å²) in [6.07, 6.45) is -1.81. The molecule has 1 aliphatic rings. The van der Waals surface area contributed by atoms with Crippen molar-refractivity contribution in [1.82, 2.24) is 0 Å². The largest absolute Gasteiger partial charge is 0.573 e. The van der Waals surface area contributed by atoms with Crippen molar-refractivity contribution in [3.63, 3.8) is 0 Å². The van der Waals surface area contributed by atoms with Crippen LogP contribution >= 0.6 is 0 Å². The fourth-order valence-corrected chi connectivity index (χ4v) is 3.45. The topological polar surface area (TPSA) is 38.5 Å². The van der Waals surface area contributed by atoms with E-state index in [9.17, 15) is 13.2 Å². The molecule has 0 unspecified atom stereocenters. The standard InChI is InChI=1S/C20H23F3N2O/c21-20(22,23)26-19-7-3-16(4-8-19)17-10-13-25(14-11-17)18-5-1-15(2-6-18)9-12-24/h1-8,17H,9-14,24H2. The maximum absolute atomic E-state index is 12.2. The Labute approximate surface area is 151 Å². The van der Waals surface area contributed by atoms with Gasteiger partial charge in [-0.15, -0.1) is 13.2 Å². The van der Waals surface area contributed by atoms with E-state index in [2.05, 4.69) is 33.9 Å². The quantitative estimate of drug-likeness (QED) is 0.851. The second-order valence-corrected chi connectivity index (χ2v) is 6.58. The molecule has 2 aromatic rings. The number of nitrogens with zero attached hydrogens (tertiary/aromatic N) is 1. The van der Waals surface area contributed by atoms with Crippen LogP contribution in [0.4, 0.5) is 18.9 Å². The molecule has 2 aromatic carbocycles. The molecule has 0 aliphatic carbocycles. The number of alkyl halides is 3. The molecule has 0 spiro atoms. The highest BCUT2D eigenvalue weighted by atomic mass is 19.4. The van der Waals surface area contributed by atoms with Gasteiger partial charge in [-0.05, 0) is 67.1 Å². The van der Waals surface area contributed by atoms with Gasteiger partial charge in [0, 0.05) is 18.8 Å². The third kappa shape index (κ3) is 4.91. The van der Waals surface area contributed by atoms with Gasteiger partial charge in [-0.25, -0.2) is 0 Å². The van der Waals surface area contributed by atoms with E-state index in [1.165, 1.54) is 23.4 Å². The molecule has 0 radical (unpaired) electrons. The summed E-state index contributed by atoms with van der Waals surface area (Å²) in [5, 5.41) is 0. The van der Waals surface area contributed by atoms with Gasteiger partial charge in [-0.1, -0.05) is 24.3 Å². The Hall–Kier alpha value is -2.21. The molecule has 140 valence electrons. The average Bonchev–Trinajstić information content (AvgIpc) is 2.62. The number of ether oxygens (including phenoxy) is 1. The first-order chi connectivity index (χ1) is 12.4. The predicted molar refractivity (Wildman–Crippen MR) is 96.5 cm³/mol. The van der Waals surface area contributed by atoms with Crippen molar-refractivity contribution < 1.29 is 17.9 Å². The molecule has 0 saturated carbocycles. The lowest BCUT2D eigenvalue weighted by molar-refractivity contribution is -0.274. The summed E-state index contributed by atoms with van der Waals surface area (Å²) in [6.45, 7) is 2.51. The van der Waals surface area contributed by atoms with E-state index in [0.717, 1.165) is 37.9 Å². The molecule has 3 rings (SSSR count). The first kappa shape index (κ1) is 18.6. The predicted octanol–water partition coefficient (Wildman–Crippen LogP) is 4.47. The number of nitrogens with two attached hydrogens (primary N) is 1. The van der Waals surface area contributed by atoms with Crippen molar-refractivity contribution in [2.24, 2.45) is 5.73 Å². The van der Waals surface area contributed by atoms with Crippen LogP contribution in [0.2, 0.25) is 0 Å². The Morgan fingerprint density at radius 1 is 0.962 bits per heavy atom. The summed E-state index contributed by atoms with van der Waals surface area (Å²) in [5.41, 5.74) is 9.09. The Morgan fingerprint density at radius 2 is 1.58 bits per heavy atom. The maximum Gasteiger partial charge on any atom is 0.573 e. The van der Waals surface area contributed by atoms with Crippen molar-refractivity contribution >= 4 is 5.69 Å². The van der Waals surface area contributed by atoms with E-state index in [1.807, 2.05) is 0 Å². The minimum atomic E-state index is -4.65. The highest BCUT2D eigenvalue weighted by Crippen LogP contribution is 2.32. The van der Waals surface area contributed by atoms with Crippen molar-refractivity contribution in [3.8, 4) is 5.75 Å². The molecule has 3 nitrogen and oxygen atoms in total. The molecule has 0 atom stereocenters. The number of rotatable bonds is 5. The lowest BCUT2D eigenvalue weighted by atomic mass is 9.89. The summed E-state index contributed by atoms with van der Waals surface area (Å²) in [6, 6.07) is 14.8. The van der Waals surface area contributed by atoms with Crippen LogP contribution in [0.3, 0.4) is 0 Å². The van der Waals surface area contributed by atoms with Gasteiger partial charge >= 0.3 is 6.36 Å². The molecule has 0 bridgehead atoms. The van der Waals surface area contributed by atoms with E-state index in [-0.39, 0.29) is 5.75 Å². The minimum absolute atomic E-state index is 0.170. The zero-order valence-corrected chi connectivity index (χ0v) is 14.5. The molecule has 1 fully saturated rings. The smallest absolute Gasteiger partial charge is 0.406 e. The molecule has 6 heteroatoms. The zero-order chi connectivity index (χ0) is 18.6. The number of hydrogen-bond acceptors (Lipinski definition) is 3. The van der Waals surface area contributed by atoms with Crippen LogP contribution in [-0.4, -0.2) is 26.0 Å². The van der Waals surface area contributed by atoms with E-state index in [1.54, 1.807) is 12.1 Å². The van der Waals surface area contributed by atoms with Crippen LogP contribution in [0.25, 0.3) is 0 Å². The Kier molecular flexibility index (Phi) is 5.71. The molecular formula is C20H23F3N2O. The highest BCUT2D eigenvalue weighted by molar-refractivity contribution is 5.48. The van der Waals surface area contributed by atoms with Gasteiger partial charge in [-0.3, -0.25) is 0 Å². The monoisotopic (exact) mass is 364 g/mol. The van der Waals surface area contributed by atoms with Crippen LogP contribution in [0.15, 0.2) is 48.5 Å². The van der Waals surface area contributed by atoms with Crippen molar-refractivity contribution in [2.75, 3.05) is 24.5 Å². The summed E-state index contributed by atoms with van der Waals surface area (Å²) in [4.78, 5) is 2.35. The van der Waals surface area contributed by atoms with Gasteiger partial charge in [-0.2, -0.15) is 0 Å². The maximum atomic E-state index is 12.2. The van der Waals surface area contributed by atoms with Crippen molar-refractivity contribution in [1.29, 1.82) is 0 Å². The number of piperidine rings is 1. The molecule has 0 amide bonds. The molecule has 1 aliphatic heterocycles. The van der Waals surface area contributed by atoms with E-state index < -0.39 is 6.36 Å². The molecular weight excluding hydrogens is 341 g/mol. The van der Waals surface area contributed by atoms with Gasteiger partial charge in [0.05, 0.1) is 0 Å². The molecule has 2 N–H and O–H groups in total. The van der Waals surface area contributed by atoms with Gasteiger partial charge in [0.1, 0.15) is 5.75 Å². The van der Waals surface area contributed by atoms with Gasteiger partial charge in [0.2, 0.25) is 0 Å². The SMILES string of the molecule is NCCc1ccc(N2CCC(c3ccc(OC(F)(F)F)cc3)CC2)cc1. The molecule has 1 saturated heterocycles. The highest BCUT2D eigenvalue weighted by Gasteiger charge is 2.31. The summed E-state index contributed by atoms with van der Waals surface area (Å²) in [7, 11) is 0. The van der Waals surface area contributed by atoms with E-state index in [0.29, 0.717) is 12.5 Å². The van der Waals surface area contributed by atoms with Gasteiger partial charge < -0.3 is 15.4 Å². The zero-order valence-electron chi connectivity index (χ0n) is 14.5. The van der Waals surface area contributed by atoms with Crippen LogP contribution in [-0.2, 0) is 6.42 Å². The average molecular weight is 364 g/mol. The number of anilines is 1. The number of hydrogen-bond donors (Lipinski definition) is 1. The second-order valence-electron chi connectivity index (χ2n) is 6.58. The second kappa shape index (κ2) is 7.99. The fraction of sp³-hybridized carbons (Fsp3) is 0.400. The summed E-state index contributed by atoms with van der Waals surface area (Å²) < 4.78 is 40.6. The van der Waals surface area contributed by atoms with Crippen molar-refractivity contribution in [2.45, 2.75) is 31.5 Å². The number of benzene rings is 2.